The average molecular weight is 409 g/mol. The number of carbonyl (C=O) groups excluding carboxylic acids is 2. The van der Waals surface area contributed by atoms with Crippen LogP contribution in [0.25, 0.3) is 6.08 Å². The number of thiocarbonyl (C=S) groups is 1. The molecule has 29 heavy (non-hydrogen) atoms. The van der Waals surface area contributed by atoms with Crippen molar-refractivity contribution in [2.75, 3.05) is 4.90 Å². The fraction of sp³-hybridized carbons (Fsp3) is 0.261. The van der Waals surface area contributed by atoms with Crippen LogP contribution in [0.2, 0.25) is 0 Å². The van der Waals surface area contributed by atoms with E-state index < -0.39 is 11.8 Å². The topological polar surface area (TPSA) is 58.6 Å². The first-order valence-corrected chi connectivity index (χ1v) is 10.1. The second-order valence-electron chi connectivity index (χ2n) is 6.85. The minimum absolute atomic E-state index is 0.0124. The molecule has 1 N–H and O–H groups in total. The molecule has 2 amide bonds. The maximum Gasteiger partial charge on any atom is 0.270 e. The third-order valence-corrected chi connectivity index (χ3v) is 5.11. The third-order valence-electron chi connectivity index (χ3n) is 4.83. The molecule has 0 saturated carbocycles. The fourth-order valence-corrected chi connectivity index (χ4v) is 3.22. The molecule has 1 heterocycles. The Labute approximate surface area is 176 Å². The Kier molecular flexibility index (Phi) is 6.44. The Bertz CT molecular complexity index is 966. The maximum absolute atomic E-state index is 13.2. The van der Waals surface area contributed by atoms with Gasteiger partial charge < -0.3 is 4.74 Å². The largest absolute Gasteiger partial charge is 0.490 e. The molecule has 3 rings (SSSR count). The van der Waals surface area contributed by atoms with Crippen LogP contribution >= 0.6 is 12.2 Å². The van der Waals surface area contributed by atoms with Gasteiger partial charge in [-0.1, -0.05) is 44.2 Å². The van der Waals surface area contributed by atoms with Gasteiger partial charge in [0.25, 0.3) is 11.8 Å². The number of ether oxygens (including phenoxy) is 1. The van der Waals surface area contributed by atoms with E-state index in [2.05, 4.69) is 12.2 Å². The summed E-state index contributed by atoms with van der Waals surface area (Å²) in [7, 11) is 0. The number of hydrogen-bond donors (Lipinski definition) is 1. The molecule has 0 aromatic heterocycles. The first kappa shape index (κ1) is 20.7. The normalized spacial score (nSPS) is 16.7. The molecule has 1 atom stereocenters. The number of rotatable bonds is 6. The smallest absolute Gasteiger partial charge is 0.270 e. The van der Waals surface area contributed by atoms with Crippen molar-refractivity contribution in [3.8, 4) is 5.75 Å². The Morgan fingerprint density at radius 2 is 1.79 bits per heavy atom. The monoisotopic (exact) mass is 408 g/mol. The molecule has 150 valence electrons. The van der Waals surface area contributed by atoms with E-state index in [1.54, 1.807) is 6.08 Å². The van der Waals surface area contributed by atoms with E-state index in [1.807, 2.05) is 62.4 Å². The van der Waals surface area contributed by atoms with Crippen LogP contribution in [-0.2, 0) is 16.0 Å². The zero-order chi connectivity index (χ0) is 21.0. The Morgan fingerprint density at radius 1 is 1.10 bits per heavy atom. The van der Waals surface area contributed by atoms with Gasteiger partial charge in [0.15, 0.2) is 5.11 Å². The summed E-state index contributed by atoms with van der Waals surface area (Å²) >= 11 is 5.26. The van der Waals surface area contributed by atoms with Gasteiger partial charge in [0.05, 0.1) is 11.8 Å². The van der Waals surface area contributed by atoms with E-state index >= 15 is 0 Å². The van der Waals surface area contributed by atoms with Crippen molar-refractivity contribution in [1.82, 2.24) is 5.32 Å². The first-order chi connectivity index (χ1) is 13.9. The molecule has 6 heteroatoms. The van der Waals surface area contributed by atoms with Gasteiger partial charge in [0, 0.05) is 5.56 Å². The molecule has 5 nitrogen and oxygen atoms in total. The molecular formula is C23H24N2O3S. The molecule has 0 unspecified atom stereocenters. The lowest BCUT2D eigenvalue weighted by molar-refractivity contribution is -0.122. The average Bonchev–Trinajstić information content (AvgIpc) is 2.72. The predicted molar refractivity (Wildman–Crippen MR) is 119 cm³/mol. The zero-order valence-corrected chi connectivity index (χ0v) is 17.6. The Hall–Kier alpha value is -2.99. The van der Waals surface area contributed by atoms with Crippen molar-refractivity contribution in [3.05, 3.63) is 65.2 Å². The number of benzene rings is 2. The summed E-state index contributed by atoms with van der Waals surface area (Å²) in [6.45, 7) is 6.07. The summed E-state index contributed by atoms with van der Waals surface area (Å²) in [5, 5.41) is 2.69. The summed E-state index contributed by atoms with van der Waals surface area (Å²) in [4.78, 5) is 27.0. The van der Waals surface area contributed by atoms with Crippen LogP contribution in [0.5, 0.6) is 5.75 Å². The molecule has 1 saturated heterocycles. The minimum Gasteiger partial charge on any atom is -0.490 e. The molecule has 0 radical (unpaired) electrons. The third kappa shape index (κ3) is 4.54. The molecule has 1 fully saturated rings. The van der Waals surface area contributed by atoms with Gasteiger partial charge in [-0.3, -0.25) is 19.8 Å². The zero-order valence-electron chi connectivity index (χ0n) is 16.8. The highest BCUT2D eigenvalue weighted by atomic mass is 32.1. The van der Waals surface area contributed by atoms with Crippen LogP contribution in [0.4, 0.5) is 5.69 Å². The van der Waals surface area contributed by atoms with Gasteiger partial charge in [-0.25, -0.2) is 0 Å². The summed E-state index contributed by atoms with van der Waals surface area (Å²) in [6.07, 6.45) is 3.32. The SMILES string of the molecule is CCc1ccc(N2C(=O)/C(=C/c3ccccc3O[C@H](C)CC)C(=O)NC2=S)cc1. The molecule has 0 spiro atoms. The van der Waals surface area contributed by atoms with Gasteiger partial charge >= 0.3 is 0 Å². The van der Waals surface area contributed by atoms with E-state index in [0.29, 0.717) is 17.0 Å². The van der Waals surface area contributed by atoms with E-state index in [9.17, 15) is 9.59 Å². The lowest BCUT2D eigenvalue weighted by Gasteiger charge is -2.29. The van der Waals surface area contributed by atoms with Crippen LogP contribution in [0.3, 0.4) is 0 Å². The second-order valence-corrected chi connectivity index (χ2v) is 7.24. The van der Waals surface area contributed by atoms with Crippen molar-refractivity contribution < 1.29 is 14.3 Å². The van der Waals surface area contributed by atoms with Crippen LogP contribution in [0.15, 0.2) is 54.1 Å². The van der Waals surface area contributed by atoms with Crippen LogP contribution in [-0.4, -0.2) is 23.0 Å². The maximum atomic E-state index is 13.2. The minimum atomic E-state index is -0.514. The van der Waals surface area contributed by atoms with E-state index in [1.165, 1.54) is 4.90 Å². The Morgan fingerprint density at radius 3 is 2.45 bits per heavy atom. The quantitative estimate of drug-likeness (QED) is 0.441. The van der Waals surface area contributed by atoms with Crippen molar-refractivity contribution in [1.29, 1.82) is 0 Å². The van der Waals surface area contributed by atoms with E-state index in [0.717, 1.165) is 18.4 Å². The first-order valence-electron chi connectivity index (χ1n) is 9.70. The highest BCUT2D eigenvalue weighted by molar-refractivity contribution is 7.80. The second kappa shape index (κ2) is 9.01. The number of nitrogens with one attached hydrogen (secondary N) is 1. The van der Waals surface area contributed by atoms with E-state index in [-0.39, 0.29) is 16.8 Å². The van der Waals surface area contributed by atoms with Crippen LogP contribution in [0.1, 0.15) is 38.3 Å². The van der Waals surface area contributed by atoms with Gasteiger partial charge in [-0.15, -0.1) is 0 Å². The van der Waals surface area contributed by atoms with Gasteiger partial charge in [-0.2, -0.15) is 0 Å². The fourth-order valence-electron chi connectivity index (χ4n) is 2.94. The lowest BCUT2D eigenvalue weighted by Crippen LogP contribution is -2.54. The molecule has 2 aromatic rings. The van der Waals surface area contributed by atoms with Gasteiger partial charge in [-0.05, 0) is 61.8 Å². The summed E-state index contributed by atoms with van der Waals surface area (Å²) in [5.74, 6) is -0.344. The molecule has 0 bridgehead atoms. The van der Waals surface area contributed by atoms with Crippen molar-refractivity contribution >= 4 is 40.9 Å². The number of carbonyl (C=O) groups is 2. The number of aryl methyl sites for hydroxylation is 1. The summed E-state index contributed by atoms with van der Waals surface area (Å²) in [6, 6.07) is 14.9. The highest BCUT2D eigenvalue weighted by Gasteiger charge is 2.34. The highest BCUT2D eigenvalue weighted by Crippen LogP contribution is 2.26. The molecule has 2 aromatic carbocycles. The van der Waals surface area contributed by atoms with Gasteiger partial charge in [0.1, 0.15) is 11.3 Å². The summed E-state index contributed by atoms with van der Waals surface area (Å²) < 4.78 is 5.94. The number of anilines is 1. The lowest BCUT2D eigenvalue weighted by atomic mass is 10.1. The standard InChI is InChI=1S/C23H24N2O3S/c1-4-15(3)28-20-9-7-6-8-17(20)14-19-21(26)24-23(29)25(22(19)27)18-12-10-16(5-2)11-13-18/h6-15H,4-5H2,1-3H3,(H,24,26,29)/b19-14+/t15-/m1/s1. The Balaban J connectivity index is 1.97. The number of para-hydroxylation sites is 1. The summed E-state index contributed by atoms with van der Waals surface area (Å²) in [5.41, 5.74) is 2.45. The van der Waals surface area contributed by atoms with Crippen molar-refractivity contribution in [3.63, 3.8) is 0 Å². The van der Waals surface area contributed by atoms with Crippen LogP contribution in [0, 0.1) is 0 Å². The predicted octanol–water partition coefficient (Wildman–Crippen LogP) is 4.26. The van der Waals surface area contributed by atoms with Crippen molar-refractivity contribution in [2.45, 2.75) is 39.7 Å². The van der Waals surface area contributed by atoms with Crippen molar-refractivity contribution in [2.24, 2.45) is 0 Å². The number of amides is 2. The molecule has 1 aliphatic heterocycles. The molecule has 1 aliphatic rings. The number of hydrogen-bond acceptors (Lipinski definition) is 4. The number of nitrogens with zero attached hydrogens (tertiary/aromatic N) is 1. The molecular weight excluding hydrogens is 384 g/mol. The van der Waals surface area contributed by atoms with Crippen LogP contribution < -0.4 is 15.0 Å². The molecule has 0 aliphatic carbocycles. The van der Waals surface area contributed by atoms with E-state index in [4.69, 9.17) is 17.0 Å². The van der Waals surface area contributed by atoms with Gasteiger partial charge in [0.2, 0.25) is 0 Å².